The molecule has 17 heavy (non-hydrogen) atoms. The first kappa shape index (κ1) is 13.4. The average Bonchev–Trinajstić information content (AvgIpc) is 3.00. The van der Waals surface area contributed by atoms with E-state index in [-0.39, 0.29) is 0 Å². The zero-order valence-corrected chi connectivity index (χ0v) is 12.3. The van der Waals surface area contributed by atoms with Gasteiger partial charge in [0.05, 0.1) is 5.02 Å². The fourth-order valence-electron chi connectivity index (χ4n) is 2.26. The quantitative estimate of drug-likeness (QED) is 0.777. The average molecular weight is 272 g/mol. The highest BCUT2D eigenvalue weighted by molar-refractivity contribution is 7.10. The third-order valence-electron chi connectivity index (χ3n) is 3.24. The van der Waals surface area contributed by atoms with Gasteiger partial charge in [-0.3, -0.25) is 0 Å². The Morgan fingerprint density at radius 3 is 2.76 bits per heavy atom. The van der Waals surface area contributed by atoms with Gasteiger partial charge in [-0.05, 0) is 55.5 Å². The molecule has 1 saturated carbocycles. The molecule has 1 unspecified atom stereocenters. The molecule has 1 fully saturated rings. The number of nitrogens with one attached hydrogen (secondary N) is 1. The number of hydrogen-bond donors (Lipinski definition) is 1. The maximum Gasteiger partial charge on any atom is 0.0545 e. The summed E-state index contributed by atoms with van der Waals surface area (Å²) in [6, 6.07) is 2.82. The third kappa shape index (κ3) is 4.61. The van der Waals surface area contributed by atoms with Gasteiger partial charge in [0.15, 0.2) is 0 Å². The molecule has 0 bridgehead atoms. The number of rotatable bonds is 7. The van der Waals surface area contributed by atoms with Crippen molar-refractivity contribution in [3.8, 4) is 0 Å². The molecule has 1 aliphatic carbocycles. The van der Waals surface area contributed by atoms with E-state index in [1.54, 1.807) is 11.3 Å². The fourth-order valence-corrected chi connectivity index (χ4v) is 3.49. The molecule has 1 aromatic rings. The second kappa shape index (κ2) is 6.21. The van der Waals surface area contributed by atoms with Crippen molar-refractivity contribution in [3.05, 3.63) is 21.3 Å². The predicted octanol–water partition coefficient (Wildman–Crippen LogP) is 4.36. The Bertz CT molecular complexity index is 344. The van der Waals surface area contributed by atoms with Gasteiger partial charge in [-0.2, -0.15) is 0 Å². The van der Waals surface area contributed by atoms with Gasteiger partial charge >= 0.3 is 0 Å². The lowest BCUT2D eigenvalue weighted by molar-refractivity contribution is 0.386. The molecule has 2 rings (SSSR count). The maximum atomic E-state index is 6.19. The van der Waals surface area contributed by atoms with Gasteiger partial charge in [0.1, 0.15) is 0 Å². The van der Waals surface area contributed by atoms with Gasteiger partial charge < -0.3 is 5.32 Å². The molecule has 0 saturated heterocycles. The highest BCUT2D eigenvalue weighted by atomic mass is 35.5. The van der Waals surface area contributed by atoms with Crippen LogP contribution in [0.4, 0.5) is 0 Å². The van der Waals surface area contributed by atoms with Crippen LogP contribution in [-0.4, -0.2) is 12.6 Å². The summed E-state index contributed by atoms with van der Waals surface area (Å²) >= 11 is 7.98. The first-order chi connectivity index (χ1) is 8.15. The molecule has 1 heterocycles. The first-order valence-electron chi connectivity index (χ1n) is 6.60. The lowest BCUT2D eigenvalue weighted by Crippen LogP contribution is -2.27. The van der Waals surface area contributed by atoms with Crippen LogP contribution in [0.2, 0.25) is 5.02 Å². The van der Waals surface area contributed by atoms with Crippen molar-refractivity contribution in [1.29, 1.82) is 0 Å². The summed E-state index contributed by atoms with van der Waals surface area (Å²) in [6.07, 6.45) is 5.16. The Balaban J connectivity index is 1.86. The maximum absolute atomic E-state index is 6.19. The van der Waals surface area contributed by atoms with Crippen molar-refractivity contribution >= 4 is 22.9 Å². The van der Waals surface area contributed by atoms with Crippen molar-refractivity contribution in [1.82, 2.24) is 5.32 Å². The normalized spacial score (nSPS) is 17.6. The Morgan fingerprint density at radius 2 is 2.24 bits per heavy atom. The topological polar surface area (TPSA) is 12.0 Å². The molecule has 0 aromatic carbocycles. The van der Waals surface area contributed by atoms with Crippen molar-refractivity contribution < 1.29 is 0 Å². The lowest BCUT2D eigenvalue weighted by atomic mass is 9.93. The van der Waals surface area contributed by atoms with Gasteiger partial charge in [0.25, 0.3) is 0 Å². The Hall–Kier alpha value is -0.0500. The molecule has 1 nitrogen and oxygen atoms in total. The molecule has 0 aliphatic heterocycles. The van der Waals surface area contributed by atoms with E-state index >= 15 is 0 Å². The molecule has 0 spiro atoms. The van der Waals surface area contributed by atoms with E-state index in [9.17, 15) is 0 Å². The number of hydrogen-bond acceptors (Lipinski definition) is 2. The van der Waals surface area contributed by atoms with Crippen LogP contribution in [0.25, 0.3) is 0 Å². The summed E-state index contributed by atoms with van der Waals surface area (Å²) in [5, 5.41) is 6.71. The summed E-state index contributed by atoms with van der Waals surface area (Å²) in [4.78, 5) is 1.36. The van der Waals surface area contributed by atoms with E-state index in [0.717, 1.165) is 35.9 Å². The summed E-state index contributed by atoms with van der Waals surface area (Å²) in [6.45, 7) is 5.76. The SMILES string of the molecule is CC(C)CC(CNC1CC1)Cc1sccc1Cl. The minimum atomic E-state index is 0.728. The van der Waals surface area contributed by atoms with Crippen LogP contribution in [0.1, 0.15) is 38.0 Å². The summed E-state index contributed by atoms with van der Waals surface area (Å²) in [7, 11) is 0. The molecule has 96 valence electrons. The minimum absolute atomic E-state index is 0.728. The monoisotopic (exact) mass is 271 g/mol. The van der Waals surface area contributed by atoms with Crippen molar-refractivity contribution in [3.63, 3.8) is 0 Å². The van der Waals surface area contributed by atoms with Gasteiger partial charge in [0.2, 0.25) is 0 Å². The molecule has 1 aliphatic rings. The van der Waals surface area contributed by atoms with Gasteiger partial charge in [0, 0.05) is 10.9 Å². The second-order valence-electron chi connectivity index (χ2n) is 5.57. The number of halogens is 1. The van der Waals surface area contributed by atoms with Crippen molar-refractivity contribution in [2.75, 3.05) is 6.54 Å². The van der Waals surface area contributed by atoms with E-state index in [0.29, 0.717) is 0 Å². The van der Waals surface area contributed by atoms with Crippen LogP contribution < -0.4 is 5.32 Å². The predicted molar refractivity (Wildman–Crippen MR) is 77.0 cm³/mol. The Kier molecular flexibility index (Phi) is 4.89. The third-order valence-corrected chi connectivity index (χ3v) is 4.65. The van der Waals surface area contributed by atoms with Gasteiger partial charge in [-0.15, -0.1) is 11.3 Å². The zero-order chi connectivity index (χ0) is 12.3. The summed E-state index contributed by atoms with van der Waals surface area (Å²) < 4.78 is 0. The highest BCUT2D eigenvalue weighted by Gasteiger charge is 2.22. The van der Waals surface area contributed by atoms with Crippen LogP contribution in [0.15, 0.2) is 11.4 Å². The van der Waals surface area contributed by atoms with Gasteiger partial charge in [-0.25, -0.2) is 0 Å². The summed E-state index contributed by atoms with van der Waals surface area (Å²) in [5.74, 6) is 1.49. The largest absolute Gasteiger partial charge is 0.314 e. The first-order valence-corrected chi connectivity index (χ1v) is 7.86. The lowest BCUT2D eigenvalue weighted by Gasteiger charge is -2.19. The van der Waals surface area contributed by atoms with Crippen LogP contribution in [0.3, 0.4) is 0 Å². The van der Waals surface area contributed by atoms with Crippen molar-refractivity contribution in [2.24, 2.45) is 11.8 Å². The van der Waals surface area contributed by atoms with E-state index in [2.05, 4.69) is 24.5 Å². The van der Waals surface area contributed by atoms with Crippen LogP contribution in [-0.2, 0) is 6.42 Å². The summed E-state index contributed by atoms with van der Waals surface area (Å²) in [5.41, 5.74) is 0. The van der Waals surface area contributed by atoms with Crippen LogP contribution in [0, 0.1) is 11.8 Å². The minimum Gasteiger partial charge on any atom is -0.314 e. The molecular formula is C14H22ClNS. The van der Waals surface area contributed by atoms with Gasteiger partial charge in [-0.1, -0.05) is 25.4 Å². The zero-order valence-electron chi connectivity index (χ0n) is 10.7. The second-order valence-corrected chi connectivity index (χ2v) is 6.98. The smallest absolute Gasteiger partial charge is 0.0545 e. The molecule has 1 atom stereocenters. The molecule has 1 aromatic heterocycles. The van der Waals surface area contributed by atoms with Crippen LogP contribution in [0.5, 0.6) is 0 Å². The standard InChI is InChI=1S/C14H22ClNS/c1-10(2)7-11(9-16-12-3-4-12)8-14-13(15)5-6-17-14/h5-6,10-12,16H,3-4,7-9H2,1-2H3. The molecule has 1 N–H and O–H groups in total. The van der Waals surface area contributed by atoms with E-state index < -0.39 is 0 Å². The fraction of sp³-hybridized carbons (Fsp3) is 0.714. The molecule has 0 radical (unpaired) electrons. The molecule has 0 amide bonds. The van der Waals surface area contributed by atoms with Crippen LogP contribution >= 0.6 is 22.9 Å². The Morgan fingerprint density at radius 1 is 1.47 bits per heavy atom. The van der Waals surface area contributed by atoms with E-state index in [1.807, 2.05) is 6.07 Å². The highest BCUT2D eigenvalue weighted by Crippen LogP contribution is 2.28. The Labute approximate surface area is 114 Å². The van der Waals surface area contributed by atoms with E-state index in [1.165, 1.54) is 24.1 Å². The molecular weight excluding hydrogens is 250 g/mol. The van der Waals surface area contributed by atoms with E-state index in [4.69, 9.17) is 11.6 Å². The number of thiophene rings is 1. The van der Waals surface area contributed by atoms with Crippen molar-refractivity contribution in [2.45, 2.75) is 45.6 Å². The molecule has 3 heteroatoms.